The van der Waals surface area contributed by atoms with Crippen LogP contribution in [0.2, 0.25) is 0 Å². The highest BCUT2D eigenvalue weighted by atomic mass is 16.6. The summed E-state index contributed by atoms with van der Waals surface area (Å²) in [7, 11) is 1.26. The van der Waals surface area contributed by atoms with Crippen LogP contribution >= 0.6 is 0 Å². The van der Waals surface area contributed by atoms with Gasteiger partial charge in [-0.3, -0.25) is 4.90 Å². The summed E-state index contributed by atoms with van der Waals surface area (Å²) in [4.78, 5) is 39.0. The van der Waals surface area contributed by atoms with Gasteiger partial charge in [-0.05, 0) is 74.1 Å². The van der Waals surface area contributed by atoms with Crippen LogP contribution in [0.5, 0.6) is 0 Å². The highest BCUT2D eigenvalue weighted by Crippen LogP contribution is 2.57. The standard InChI is InChI=1S/C30H36N2O7/c1-29(2,3)39-27(35)31-18-13-30(14-18)15-19(16-30)38-17-24(26(33)34)32(28(36)37-4)25-22-11-7-5-9-20(22)21-10-6-8-12-23(21)25/h5-12,18-19,24-25H,13-17H2,1-4H3,(H,31,35)(H,33,34)/t18?,19?,24-,30?/m0/s1. The topological polar surface area (TPSA) is 114 Å². The van der Waals surface area contributed by atoms with E-state index in [1.54, 1.807) is 0 Å². The Morgan fingerprint density at radius 1 is 1.00 bits per heavy atom. The molecule has 2 aromatic carbocycles. The van der Waals surface area contributed by atoms with Crippen LogP contribution in [0.25, 0.3) is 11.1 Å². The fourth-order valence-corrected chi connectivity index (χ4v) is 6.36. The van der Waals surface area contributed by atoms with Gasteiger partial charge in [0.25, 0.3) is 0 Å². The molecule has 208 valence electrons. The van der Waals surface area contributed by atoms with E-state index in [0.29, 0.717) is 0 Å². The van der Waals surface area contributed by atoms with Gasteiger partial charge in [0, 0.05) is 6.04 Å². The van der Waals surface area contributed by atoms with Gasteiger partial charge >= 0.3 is 18.2 Å². The summed E-state index contributed by atoms with van der Waals surface area (Å²) in [5, 5.41) is 13.1. The first kappa shape index (κ1) is 27.0. The van der Waals surface area contributed by atoms with Crippen LogP contribution in [0.1, 0.15) is 63.6 Å². The molecule has 0 heterocycles. The second kappa shape index (κ2) is 10.2. The Bertz CT molecular complexity index is 1210. The maximum Gasteiger partial charge on any atom is 0.411 e. The number of aliphatic carboxylic acids is 1. The molecule has 2 saturated carbocycles. The quantitative estimate of drug-likeness (QED) is 0.504. The number of hydrogen-bond donors (Lipinski definition) is 2. The number of benzene rings is 2. The van der Waals surface area contributed by atoms with Crippen LogP contribution in [0.4, 0.5) is 9.59 Å². The Kier molecular flexibility index (Phi) is 7.05. The Morgan fingerprint density at radius 2 is 1.56 bits per heavy atom. The van der Waals surface area contributed by atoms with E-state index in [2.05, 4.69) is 5.32 Å². The van der Waals surface area contributed by atoms with E-state index in [9.17, 15) is 19.5 Å². The summed E-state index contributed by atoms with van der Waals surface area (Å²) in [6.07, 6.45) is 2.05. The van der Waals surface area contributed by atoms with Crippen molar-refractivity contribution in [3.05, 3.63) is 59.7 Å². The zero-order valence-corrected chi connectivity index (χ0v) is 22.8. The largest absolute Gasteiger partial charge is 0.480 e. The molecule has 1 atom stereocenters. The SMILES string of the molecule is COC(=O)N(C1c2ccccc2-c2ccccc21)[C@@H](COC1CC2(CC(NC(=O)OC(C)(C)C)C2)C1)C(=O)O. The summed E-state index contributed by atoms with van der Waals surface area (Å²) >= 11 is 0. The number of fused-ring (bicyclic) bond motifs is 3. The monoisotopic (exact) mass is 536 g/mol. The Balaban J connectivity index is 1.24. The van der Waals surface area contributed by atoms with Crippen LogP contribution in [0, 0.1) is 5.41 Å². The summed E-state index contributed by atoms with van der Waals surface area (Å²) in [6, 6.07) is 13.7. The number of methoxy groups -OCH3 is 1. The van der Waals surface area contributed by atoms with Crippen LogP contribution in [-0.2, 0) is 19.0 Å². The van der Waals surface area contributed by atoms with Gasteiger partial charge in [0.2, 0.25) is 0 Å². The van der Waals surface area contributed by atoms with Crippen LogP contribution in [0.3, 0.4) is 0 Å². The summed E-state index contributed by atoms with van der Waals surface area (Å²) in [5.74, 6) is -1.15. The van der Waals surface area contributed by atoms with Crippen molar-refractivity contribution < 1.29 is 33.7 Å². The number of carboxylic acids is 1. The molecule has 2 N–H and O–H groups in total. The Hall–Kier alpha value is -3.59. The van der Waals surface area contributed by atoms with Crippen molar-refractivity contribution in [3.8, 4) is 11.1 Å². The van der Waals surface area contributed by atoms with Crippen molar-refractivity contribution in [3.63, 3.8) is 0 Å². The van der Waals surface area contributed by atoms with Gasteiger partial charge in [-0.1, -0.05) is 48.5 Å². The van der Waals surface area contributed by atoms with E-state index < -0.39 is 35.8 Å². The summed E-state index contributed by atoms with van der Waals surface area (Å²) in [6.45, 7) is 5.35. The van der Waals surface area contributed by atoms with Gasteiger partial charge < -0.3 is 24.6 Å². The van der Waals surface area contributed by atoms with Crippen LogP contribution in [-0.4, -0.2) is 65.7 Å². The number of hydrogen-bond acceptors (Lipinski definition) is 6. The lowest BCUT2D eigenvalue weighted by molar-refractivity contribution is -0.156. The van der Waals surface area contributed by atoms with Crippen LogP contribution in [0.15, 0.2) is 48.5 Å². The van der Waals surface area contributed by atoms with Crippen LogP contribution < -0.4 is 5.32 Å². The second-order valence-corrected chi connectivity index (χ2v) is 11.9. The predicted octanol–water partition coefficient (Wildman–Crippen LogP) is 5.13. The van der Waals surface area contributed by atoms with E-state index >= 15 is 0 Å². The molecule has 9 heteroatoms. The van der Waals surface area contributed by atoms with E-state index in [1.807, 2.05) is 69.3 Å². The van der Waals surface area contributed by atoms with Gasteiger partial charge in [-0.25, -0.2) is 14.4 Å². The molecule has 3 aliphatic carbocycles. The average molecular weight is 537 g/mol. The molecule has 1 spiro atoms. The van der Waals surface area contributed by atoms with Crippen molar-refractivity contribution in [1.82, 2.24) is 10.2 Å². The van der Waals surface area contributed by atoms with Gasteiger partial charge in [0.05, 0.1) is 25.9 Å². The Morgan fingerprint density at radius 3 is 2.08 bits per heavy atom. The number of carboxylic acid groups (broad SMARTS) is 1. The van der Waals surface area contributed by atoms with Crippen molar-refractivity contribution in [2.24, 2.45) is 5.41 Å². The van der Waals surface area contributed by atoms with Crippen molar-refractivity contribution >= 4 is 18.2 Å². The molecule has 0 saturated heterocycles. The molecule has 0 aliphatic heterocycles. The minimum atomic E-state index is -1.24. The summed E-state index contributed by atoms with van der Waals surface area (Å²) < 4.78 is 16.5. The highest BCUT2D eigenvalue weighted by Gasteiger charge is 2.54. The number of carbonyl (C=O) groups excluding carboxylic acids is 2. The summed E-state index contributed by atoms with van der Waals surface area (Å²) in [5.41, 5.74) is 3.22. The van der Waals surface area contributed by atoms with Gasteiger partial charge in [-0.2, -0.15) is 0 Å². The van der Waals surface area contributed by atoms with E-state index in [-0.39, 0.29) is 24.2 Å². The van der Waals surface area contributed by atoms with Crippen molar-refractivity contribution in [1.29, 1.82) is 0 Å². The third-order valence-corrected chi connectivity index (χ3v) is 7.98. The average Bonchev–Trinajstić information content (AvgIpc) is 3.15. The molecule has 0 radical (unpaired) electrons. The number of nitrogens with one attached hydrogen (secondary N) is 1. The number of carbonyl (C=O) groups is 3. The molecule has 39 heavy (non-hydrogen) atoms. The number of nitrogens with zero attached hydrogens (tertiary/aromatic N) is 1. The second-order valence-electron chi connectivity index (χ2n) is 11.9. The fourth-order valence-electron chi connectivity index (χ4n) is 6.36. The number of amides is 2. The number of rotatable bonds is 7. The molecule has 9 nitrogen and oxygen atoms in total. The first-order chi connectivity index (χ1) is 18.5. The first-order valence-corrected chi connectivity index (χ1v) is 13.4. The van der Waals surface area contributed by atoms with E-state index in [4.69, 9.17) is 14.2 Å². The maximum absolute atomic E-state index is 13.1. The molecular weight excluding hydrogens is 500 g/mol. The molecule has 3 aliphatic rings. The lowest BCUT2D eigenvalue weighted by Crippen LogP contribution is -2.59. The van der Waals surface area contributed by atoms with Gasteiger partial charge in [-0.15, -0.1) is 0 Å². The zero-order valence-electron chi connectivity index (χ0n) is 22.8. The highest BCUT2D eigenvalue weighted by molar-refractivity contribution is 5.85. The third kappa shape index (κ3) is 5.32. The molecule has 2 aromatic rings. The molecular formula is C30H36N2O7. The van der Waals surface area contributed by atoms with Crippen molar-refractivity contribution in [2.75, 3.05) is 13.7 Å². The Labute approximate surface area is 228 Å². The molecule has 0 aromatic heterocycles. The van der Waals surface area contributed by atoms with Gasteiger partial charge in [0.1, 0.15) is 5.60 Å². The molecule has 5 rings (SSSR count). The fraction of sp³-hybridized carbons (Fsp3) is 0.500. The molecule has 2 fully saturated rings. The number of alkyl carbamates (subject to hydrolysis) is 1. The smallest absolute Gasteiger partial charge is 0.411 e. The van der Waals surface area contributed by atoms with E-state index in [1.165, 1.54) is 12.0 Å². The lowest BCUT2D eigenvalue weighted by Gasteiger charge is -2.57. The minimum Gasteiger partial charge on any atom is -0.480 e. The maximum atomic E-state index is 13.1. The predicted molar refractivity (Wildman–Crippen MR) is 143 cm³/mol. The van der Waals surface area contributed by atoms with Gasteiger partial charge in [0.15, 0.2) is 6.04 Å². The van der Waals surface area contributed by atoms with E-state index in [0.717, 1.165) is 47.9 Å². The third-order valence-electron chi connectivity index (χ3n) is 7.98. The molecule has 0 bridgehead atoms. The molecule has 2 amide bonds. The number of ether oxygens (including phenoxy) is 3. The minimum absolute atomic E-state index is 0.0740. The lowest BCUT2D eigenvalue weighted by atomic mass is 9.53. The normalized spacial score (nSPS) is 24.0. The van der Waals surface area contributed by atoms with Crippen molar-refractivity contribution in [2.45, 2.75) is 76.3 Å². The zero-order chi connectivity index (χ0) is 27.9. The molecule has 0 unspecified atom stereocenters. The first-order valence-electron chi connectivity index (χ1n) is 13.4.